The van der Waals surface area contributed by atoms with Gasteiger partial charge in [-0.3, -0.25) is 4.79 Å². The number of likely N-dealkylation sites (N-methyl/N-ethyl adjacent to an activating group) is 1. The average Bonchev–Trinajstić information content (AvgIpc) is 3.33. The quantitative estimate of drug-likeness (QED) is 0.394. The maximum Gasteiger partial charge on any atom is 0.248 e. The molecule has 2 heterocycles. The maximum absolute atomic E-state index is 12.6. The summed E-state index contributed by atoms with van der Waals surface area (Å²) in [5, 5.41) is 6.94. The van der Waals surface area contributed by atoms with Crippen LogP contribution in [0, 0.1) is 12.3 Å². The number of rotatable bonds is 8. The SMILES string of the molecule is [2H]C#Cc1cccc(Nc2ncnc3cc(OC4CCOC4)c(NC(=O)/C=C/CN(C)C)cc23)c1. The summed E-state index contributed by atoms with van der Waals surface area (Å²) in [6.45, 7) is 1.80. The molecule has 0 aliphatic carbocycles. The van der Waals surface area contributed by atoms with Gasteiger partial charge in [-0.1, -0.05) is 18.1 Å². The predicted octanol–water partition coefficient (Wildman–Crippen LogP) is 3.58. The first-order valence-electron chi connectivity index (χ1n) is 11.5. The minimum Gasteiger partial charge on any atom is -0.486 e. The van der Waals surface area contributed by atoms with Crippen molar-refractivity contribution in [3.05, 3.63) is 60.4 Å². The van der Waals surface area contributed by atoms with Crippen molar-refractivity contribution < 1.29 is 15.6 Å². The molecule has 1 aliphatic heterocycles. The number of amides is 1. The van der Waals surface area contributed by atoms with Gasteiger partial charge < -0.3 is 25.0 Å². The molecule has 34 heavy (non-hydrogen) atoms. The first-order chi connectivity index (χ1) is 17.0. The lowest BCUT2D eigenvalue weighted by Crippen LogP contribution is -2.18. The van der Waals surface area contributed by atoms with E-state index in [1.165, 1.54) is 12.4 Å². The van der Waals surface area contributed by atoms with Gasteiger partial charge in [0.2, 0.25) is 5.91 Å². The molecule has 0 spiro atoms. The molecule has 0 saturated carbocycles. The van der Waals surface area contributed by atoms with E-state index in [1.54, 1.807) is 6.08 Å². The summed E-state index contributed by atoms with van der Waals surface area (Å²) < 4.78 is 18.7. The summed E-state index contributed by atoms with van der Waals surface area (Å²) in [6.07, 6.45) is 7.63. The van der Waals surface area contributed by atoms with E-state index in [0.29, 0.717) is 47.9 Å². The van der Waals surface area contributed by atoms with E-state index < -0.39 is 0 Å². The number of anilines is 3. The number of hydrogen-bond donors (Lipinski definition) is 2. The molecule has 0 bridgehead atoms. The third-order valence-electron chi connectivity index (χ3n) is 5.19. The molecule has 1 unspecified atom stereocenters. The number of aromatic nitrogens is 2. The van der Waals surface area contributed by atoms with E-state index in [-0.39, 0.29) is 12.0 Å². The minimum absolute atomic E-state index is 0.0901. The van der Waals surface area contributed by atoms with Gasteiger partial charge in [-0.25, -0.2) is 9.97 Å². The number of nitrogens with zero attached hydrogens (tertiary/aromatic N) is 3. The fourth-order valence-corrected chi connectivity index (χ4v) is 3.52. The van der Waals surface area contributed by atoms with Crippen molar-refractivity contribution in [1.82, 2.24) is 14.9 Å². The van der Waals surface area contributed by atoms with Gasteiger partial charge in [-0.2, -0.15) is 0 Å². The summed E-state index contributed by atoms with van der Waals surface area (Å²) in [5.74, 6) is 3.57. The minimum atomic E-state index is -0.258. The molecule has 8 nitrogen and oxygen atoms in total. The second-order valence-electron chi connectivity index (χ2n) is 8.18. The van der Waals surface area contributed by atoms with Gasteiger partial charge in [0.25, 0.3) is 0 Å². The van der Waals surface area contributed by atoms with Crippen molar-refractivity contribution in [2.24, 2.45) is 0 Å². The molecule has 4 rings (SSSR count). The third-order valence-corrected chi connectivity index (χ3v) is 5.19. The van der Waals surface area contributed by atoms with E-state index in [0.717, 1.165) is 17.7 Å². The van der Waals surface area contributed by atoms with Crippen LogP contribution in [0.15, 0.2) is 54.9 Å². The highest BCUT2D eigenvalue weighted by atomic mass is 16.5. The molecule has 2 aromatic carbocycles. The topological polar surface area (TPSA) is 88.6 Å². The second kappa shape index (κ2) is 10.8. The Hall–Kier alpha value is -3.93. The average molecular weight is 459 g/mol. The second-order valence-corrected chi connectivity index (χ2v) is 8.18. The molecule has 8 heteroatoms. The van der Waals surface area contributed by atoms with Gasteiger partial charge in [-0.05, 0) is 38.4 Å². The Labute approximate surface area is 200 Å². The maximum atomic E-state index is 12.6. The lowest BCUT2D eigenvalue weighted by molar-refractivity contribution is -0.111. The van der Waals surface area contributed by atoms with Crippen LogP contribution in [0.1, 0.15) is 13.4 Å². The standard InChI is InChI=1S/C26H27N5O3/c1-4-18-7-5-8-19(13-18)29-26-21-14-23(30-25(32)9-6-11-31(2)3)24(15-22(21)27-17-28-26)34-20-10-12-33-16-20/h1,5-9,13-15,17,20H,10-12,16H2,2-3H3,(H,30,32)(H,27,28,29)/b9-6+/i1D. The summed E-state index contributed by atoms with van der Waals surface area (Å²) in [6, 6.07) is 11.0. The molecule has 1 saturated heterocycles. The highest BCUT2D eigenvalue weighted by Crippen LogP contribution is 2.34. The zero-order valence-electron chi connectivity index (χ0n) is 20.2. The summed E-state index contributed by atoms with van der Waals surface area (Å²) in [5.41, 5.74) is 2.68. The van der Waals surface area contributed by atoms with Gasteiger partial charge in [-0.15, -0.1) is 6.40 Å². The molecule has 2 N–H and O–H groups in total. The van der Waals surface area contributed by atoms with E-state index in [4.69, 9.17) is 10.8 Å². The van der Waals surface area contributed by atoms with Crippen LogP contribution in [-0.2, 0) is 9.53 Å². The van der Waals surface area contributed by atoms with Gasteiger partial charge in [0, 0.05) is 41.7 Å². The van der Waals surface area contributed by atoms with E-state index in [1.807, 2.05) is 55.4 Å². The molecule has 174 valence electrons. The number of nitrogens with one attached hydrogen (secondary N) is 2. The highest BCUT2D eigenvalue weighted by Gasteiger charge is 2.20. The normalized spacial score (nSPS) is 15.7. The Kier molecular flexibility index (Phi) is 6.95. The number of terminal acetylenes is 1. The predicted molar refractivity (Wildman–Crippen MR) is 133 cm³/mol. The molecule has 1 fully saturated rings. The lowest BCUT2D eigenvalue weighted by Gasteiger charge is -2.17. The fourth-order valence-electron chi connectivity index (χ4n) is 3.52. The fraction of sp³-hybridized carbons (Fsp3) is 0.269. The van der Waals surface area contributed by atoms with Crippen LogP contribution in [0.25, 0.3) is 10.9 Å². The smallest absolute Gasteiger partial charge is 0.248 e. The molecule has 1 atom stereocenters. The van der Waals surface area contributed by atoms with Crippen molar-refractivity contribution in [3.63, 3.8) is 0 Å². The summed E-state index contributed by atoms with van der Waals surface area (Å²) in [7, 11) is 3.87. The van der Waals surface area contributed by atoms with Crippen molar-refractivity contribution in [2.75, 3.05) is 44.5 Å². The Bertz CT molecular complexity index is 1290. The lowest BCUT2D eigenvalue weighted by atomic mass is 10.1. The number of ether oxygens (including phenoxy) is 2. The van der Waals surface area contributed by atoms with Crippen molar-refractivity contribution in [3.8, 4) is 18.1 Å². The molecule has 1 aliphatic rings. The molecule has 0 radical (unpaired) electrons. The van der Waals surface area contributed by atoms with Crippen molar-refractivity contribution >= 4 is 34.0 Å². The van der Waals surface area contributed by atoms with Gasteiger partial charge in [0.1, 0.15) is 25.4 Å². The van der Waals surface area contributed by atoms with Crippen LogP contribution in [0.4, 0.5) is 17.2 Å². The summed E-state index contributed by atoms with van der Waals surface area (Å²) in [4.78, 5) is 23.4. The summed E-state index contributed by atoms with van der Waals surface area (Å²) >= 11 is 0. The Morgan fingerprint density at radius 3 is 3.09 bits per heavy atom. The van der Waals surface area contributed by atoms with Crippen LogP contribution in [-0.4, -0.2) is 60.7 Å². The van der Waals surface area contributed by atoms with Crippen LogP contribution >= 0.6 is 0 Å². The molecular formula is C26H27N5O3. The number of carbonyl (C=O) groups is 1. The van der Waals surface area contributed by atoms with Gasteiger partial charge in [0.05, 0.1) is 24.4 Å². The van der Waals surface area contributed by atoms with Crippen LogP contribution in [0.3, 0.4) is 0 Å². The van der Waals surface area contributed by atoms with Crippen molar-refractivity contribution in [2.45, 2.75) is 12.5 Å². The van der Waals surface area contributed by atoms with E-state index >= 15 is 0 Å². The van der Waals surface area contributed by atoms with Gasteiger partial charge in [0.15, 0.2) is 0 Å². The number of hydrogen-bond acceptors (Lipinski definition) is 7. The molecular weight excluding hydrogens is 430 g/mol. The molecule has 1 amide bonds. The van der Waals surface area contributed by atoms with Crippen LogP contribution < -0.4 is 15.4 Å². The Balaban J connectivity index is 1.68. The van der Waals surface area contributed by atoms with Crippen LogP contribution in [0.2, 0.25) is 0 Å². The van der Waals surface area contributed by atoms with Gasteiger partial charge >= 0.3 is 0 Å². The van der Waals surface area contributed by atoms with E-state index in [2.05, 4.69) is 32.9 Å². The van der Waals surface area contributed by atoms with E-state index in [9.17, 15) is 4.79 Å². The first-order valence-corrected chi connectivity index (χ1v) is 11.0. The third kappa shape index (κ3) is 5.90. The highest BCUT2D eigenvalue weighted by molar-refractivity contribution is 6.03. The molecule has 3 aromatic rings. The Morgan fingerprint density at radius 1 is 1.38 bits per heavy atom. The Morgan fingerprint density at radius 2 is 2.29 bits per heavy atom. The number of carbonyl (C=O) groups excluding carboxylic acids is 1. The zero-order valence-corrected chi connectivity index (χ0v) is 19.2. The van der Waals surface area contributed by atoms with Crippen LogP contribution in [0.5, 0.6) is 5.75 Å². The monoisotopic (exact) mass is 458 g/mol. The largest absolute Gasteiger partial charge is 0.486 e. The zero-order chi connectivity index (χ0) is 24.6. The first kappa shape index (κ1) is 21.9. The molecule has 1 aromatic heterocycles. The van der Waals surface area contributed by atoms with Crippen molar-refractivity contribution in [1.29, 1.82) is 0 Å². The number of fused-ring (bicyclic) bond motifs is 1. The number of benzene rings is 2.